The number of rotatable bonds is 6. The Kier molecular flexibility index (Phi) is 5.40. The van der Waals surface area contributed by atoms with Crippen molar-refractivity contribution in [2.24, 2.45) is 0 Å². The molecular weight excluding hydrogens is 204 g/mol. The lowest BCUT2D eigenvalue weighted by molar-refractivity contribution is -0.143. The second kappa shape index (κ2) is 6.88. The van der Waals surface area contributed by atoms with Crippen LogP contribution in [0.4, 0.5) is 0 Å². The summed E-state index contributed by atoms with van der Waals surface area (Å²) >= 11 is 0. The molecule has 0 spiro atoms. The molecule has 1 aromatic rings. The molecule has 0 saturated carbocycles. The summed E-state index contributed by atoms with van der Waals surface area (Å²) in [6.07, 6.45) is 3.12. The summed E-state index contributed by atoms with van der Waals surface area (Å²) in [5, 5.41) is 9.25. The summed E-state index contributed by atoms with van der Waals surface area (Å²) < 4.78 is 4.83. The first kappa shape index (κ1) is 12.6. The number of carbonyl (C=O) groups excluding carboxylic acids is 1. The molecule has 1 rings (SSSR count). The molecule has 1 aromatic carbocycles. The van der Waals surface area contributed by atoms with E-state index in [-0.39, 0.29) is 5.97 Å². The monoisotopic (exact) mass is 222 g/mol. The topological polar surface area (TPSA) is 46.5 Å². The van der Waals surface area contributed by atoms with Gasteiger partial charge in [0.15, 0.2) is 0 Å². The third kappa shape index (κ3) is 4.82. The van der Waals surface area contributed by atoms with E-state index in [1.165, 1.54) is 0 Å². The third-order valence-corrected chi connectivity index (χ3v) is 2.31. The zero-order valence-electron chi connectivity index (χ0n) is 9.61. The molecule has 0 amide bonds. The highest BCUT2D eigenvalue weighted by atomic mass is 16.5. The minimum atomic E-state index is -0.126. The lowest BCUT2D eigenvalue weighted by Crippen LogP contribution is -2.03. The van der Waals surface area contributed by atoms with Gasteiger partial charge in [0.2, 0.25) is 0 Å². The number of phenolic OH excluding ortho intramolecular Hbond substituents is 1. The number of ether oxygens (including phenoxy) is 1. The summed E-state index contributed by atoms with van der Waals surface area (Å²) in [6.45, 7) is 2.26. The van der Waals surface area contributed by atoms with Gasteiger partial charge in [-0.05, 0) is 43.9 Å². The van der Waals surface area contributed by atoms with Crippen LogP contribution in [-0.2, 0) is 16.0 Å². The maximum Gasteiger partial charge on any atom is 0.305 e. The van der Waals surface area contributed by atoms with Crippen LogP contribution in [0.5, 0.6) is 5.75 Å². The maximum atomic E-state index is 11.0. The second-order valence-electron chi connectivity index (χ2n) is 3.68. The molecule has 88 valence electrons. The molecule has 0 aliphatic rings. The highest BCUT2D eigenvalue weighted by molar-refractivity contribution is 5.69. The van der Waals surface area contributed by atoms with Crippen molar-refractivity contribution in [1.82, 2.24) is 0 Å². The molecule has 0 aliphatic heterocycles. The van der Waals surface area contributed by atoms with E-state index >= 15 is 0 Å². The van der Waals surface area contributed by atoms with Gasteiger partial charge in [-0.15, -0.1) is 0 Å². The molecule has 0 fully saturated rings. The van der Waals surface area contributed by atoms with Crippen LogP contribution in [0, 0.1) is 0 Å². The molecule has 0 bridgehead atoms. The third-order valence-electron chi connectivity index (χ3n) is 2.31. The van der Waals surface area contributed by atoms with Gasteiger partial charge in [-0.25, -0.2) is 0 Å². The molecule has 16 heavy (non-hydrogen) atoms. The summed E-state index contributed by atoms with van der Waals surface area (Å²) in [5.41, 5.74) is 1.10. The molecular formula is C13H18O3. The van der Waals surface area contributed by atoms with E-state index in [1.54, 1.807) is 12.1 Å². The largest absolute Gasteiger partial charge is 0.508 e. The van der Waals surface area contributed by atoms with Gasteiger partial charge < -0.3 is 9.84 Å². The van der Waals surface area contributed by atoms with Crippen LogP contribution in [0.2, 0.25) is 0 Å². The molecule has 0 aliphatic carbocycles. The summed E-state index contributed by atoms with van der Waals surface area (Å²) in [6, 6.07) is 7.21. The summed E-state index contributed by atoms with van der Waals surface area (Å²) in [7, 11) is 0. The Balaban J connectivity index is 2.18. The van der Waals surface area contributed by atoms with E-state index in [0.717, 1.165) is 24.8 Å². The van der Waals surface area contributed by atoms with E-state index in [1.807, 2.05) is 19.1 Å². The van der Waals surface area contributed by atoms with E-state index in [4.69, 9.17) is 4.74 Å². The fraction of sp³-hybridized carbons (Fsp3) is 0.462. The van der Waals surface area contributed by atoms with Gasteiger partial charge in [0.25, 0.3) is 0 Å². The number of hydrogen-bond acceptors (Lipinski definition) is 3. The molecule has 1 N–H and O–H groups in total. The standard InChI is InChI=1S/C13H18O3/c1-2-16-13(15)9-4-3-6-11-7-5-8-12(14)10-11/h5,7-8,10,14H,2-4,6,9H2,1H3. The first-order chi connectivity index (χ1) is 7.72. The van der Waals surface area contributed by atoms with Gasteiger partial charge >= 0.3 is 5.97 Å². The molecule has 3 nitrogen and oxygen atoms in total. The number of carbonyl (C=O) groups is 1. The van der Waals surface area contributed by atoms with Crippen molar-refractivity contribution in [3.05, 3.63) is 29.8 Å². The van der Waals surface area contributed by atoms with Crippen LogP contribution in [-0.4, -0.2) is 17.7 Å². The van der Waals surface area contributed by atoms with Crippen LogP contribution in [0.15, 0.2) is 24.3 Å². The number of aromatic hydroxyl groups is 1. The van der Waals surface area contributed by atoms with Crippen LogP contribution in [0.1, 0.15) is 31.7 Å². The zero-order chi connectivity index (χ0) is 11.8. The van der Waals surface area contributed by atoms with Crippen molar-refractivity contribution in [3.63, 3.8) is 0 Å². The molecule has 0 heterocycles. The van der Waals surface area contributed by atoms with Crippen molar-refractivity contribution < 1.29 is 14.6 Å². The van der Waals surface area contributed by atoms with Crippen molar-refractivity contribution in [1.29, 1.82) is 0 Å². The summed E-state index contributed by atoms with van der Waals surface area (Å²) in [4.78, 5) is 11.0. The Hall–Kier alpha value is -1.51. The Labute approximate surface area is 96.1 Å². The number of hydrogen-bond donors (Lipinski definition) is 1. The SMILES string of the molecule is CCOC(=O)CCCCc1cccc(O)c1. The van der Waals surface area contributed by atoms with Crippen LogP contribution >= 0.6 is 0 Å². The van der Waals surface area contributed by atoms with E-state index in [9.17, 15) is 9.90 Å². The number of benzene rings is 1. The van der Waals surface area contributed by atoms with Crippen molar-refractivity contribution in [2.75, 3.05) is 6.61 Å². The minimum Gasteiger partial charge on any atom is -0.508 e. The van der Waals surface area contributed by atoms with Crippen LogP contribution in [0.25, 0.3) is 0 Å². The van der Waals surface area contributed by atoms with Crippen molar-refractivity contribution >= 4 is 5.97 Å². The van der Waals surface area contributed by atoms with Gasteiger partial charge in [-0.1, -0.05) is 12.1 Å². The first-order valence-electron chi connectivity index (χ1n) is 5.66. The maximum absolute atomic E-state index is 11.0. The van der Waals surface area contributed by atoms with Gasteiger partial charge in [0.1, 0.15) is 5.75 Å². The minimum absolute atomic E-state index is 0.126. The molecule has 0 saturated heterocycles. The molecule has 0 unspecified atom stereocenters. The Morgan fingerprint density at radius 2 is 2.19 bits per heavy atom. The van der Waals surface area contributed by atoms with Crippen molar-refractivity contribution in [3.8, 4) is 5.75 Å². The van der Waals surface area contributed by atoms with Gasteiger partial charge in [-0.2, -0.15) is 0 Å². The number of phenols is 1. The average Bonchev–Trinajstić information content (AvgIpc) is 2.25. The normalized spacial score (nSPS) is 10.1. The van der Waals surface area contributed by atoms with E-state index in [0.29, 0.717) is 18.8 Å². The lowest BCUT2D eigenvalue weighted by Gasteiger charge is -2.03. The number of esters is 1. The summed E-state index contributed by atoms with van der Waals surface area (Å²) in [5.74, 6) is 0.168. The van der Waals surface area contributed by atoms with E-state index in [2.05, 4.69) is 0 Å². The lowest BCUT2D eigenvalue weighted by atomic mass is 10.1. The van der Waals surface area contributed by atoms with Crippen molar-refractivity contribution in [2.45, 2.75) is 32.6 Å². The highest BCUT2D eigenvalue weighted by Crippen LogP contribution is 2.13. The molecule has 0 radical (unpaired) electrons. The highest BCUT2D eigenvalue weighted by Gasteiger charge is 2.01. The Morgan fingerprint density at radius 1 is 1.38 bits per heavy atom. The van der Waals surface area contributed by atoms with Gasteiger partial charge in [-0.3, -0.25) is 4.79 Å². The molecule has 0 atom stereocenters. The molecule has 3 heteroatoms. The quantitative estimate of drug-likeness (QED) is 0.594. The van der Waals surface area contributed by atoms with Crippen LogP contribution in [0.3, 0.4) is 0 Å². The average molecular weight is 222 g/mol. The second-order valence-corrected chi connectivity index (χ2v) is 3.68. The number of unbranched alkanes of at least 4 members (excludes halogenated alkanes) is 1. The predicted molar refractivity (Wildman–Crippen MR) is 62.3 cm³/mol. The Bertz CT molecular complexity index is 334. The smallest absolute Gasteiger partial charge is 0.305 e. The van der Waals surface area contributed by atoms with Gasteiger partial charge in [0.05, 0.1) is 6.61 Å². The fourth-order valence-electron chi connectivity index (χ4n) is 1.54. The van der Waals surface area contributed by atoms with Crippen LogP contribution < -0.4 is 0 Å². The van der Waals surface area contributed by atoms with Gasteiger partial charge in [0, 0.05) is 6.42 Å². The molecule has 0 aromatic heterocycles. The zero-order valence-corrected chi connectivity index (χ0v) is 9.61. The first-order valence-corrected chi connectivity index (χ1v) is 5.66. The Morgan fingerprint density at radius 3 is 2.88 bits per heavy atom. The predicted octanol–water partition coefficient (Wildman–Crippen LogP) is 2.67. The number of aryl methyl sites for hydroxylation is 1. The van der Waals surface area contributed by atoms with E-state index < -0.39 is 0 Å². The fourth-order valence-corrected chi connectivity index (χ4v) is 1.54.